The molecule has 1 heterocycles. The topological polar surface area (TPSA) is 99.3 Å². The summed E-state index contributed by atoms with van der Waals surface area (Å²) in [6.07, 6.45) is 6.65. The number of sulfonamides is 1. The van der Waals surface area contributed by atoms with Crippen molar-refractivity contribution in [3.63, 3.8) is 0 Å². The van der Waals surface area contributed by atoms with Crippen LogP contribution in [-0.2, 0) is 26.1 Å². The highest BCUT2D eigenvalue weighted by Gasteiger charge is 2.33. The minimum absolute atomic E-state index is 0.0619. The van der Waals surface area contributed by atoms with Gasteiger partial charge in [-0.1, -0.05) is 31.4 Å². The lowest BCUT2D eigenvalue weighted by Crippen LogP contribution is -2.54. The molecule has 0 atom stereocenters. The van der Waals surface area contributed by atoms with Crippen LogP contribution in [0.5, 0.6) is 0 Å². The van der Waals surface area contributed by atoms with Crippen LogP contribution in [0.2, 0.25) is 0 Å². The van der Waals surface area contributed by atoms with Crippen LogP contribution in [0.1, 0.15) is 57.4 Å². The van der Waals surface area contributed by atoms with E-state index in [0.29, 0.717) is 31.5 Å². The van der Waals surface area contributed by atoms with Crippen LogP contribution in [0, 0.1) is 5.82 Å². The first kappa shape index (κ1) is 29.3. The summed E-state index contributed by atoms with van der Waals surface area (Å²) >= 11 is 0. The number of halogens is 1. The van der Waals surface area contributed by atoms with Crippen molar-refractivity contribution in [3.05, 3.63) is 35.6 Å². The number of piperidine rings is 1. The van der Waals surface area contributed by atoms with Gasteiger partial charge in [-0.2, -0.15) is 4.31 Å². The fourth-order valence-corrected chi connectivity index (χ4v) is 6.11. The number of hydrogen-bond acceptors (Lipinski definition) is 5. The number of benzene rings is 1. The van der Waals surface area contributed by atoms with E-state index in [1.165, 1.54) is 32.6 Å². The average Bonchev–Trinajstić information content (AvgIpc) is 2.90. The van der Waals surface area contributed by atoms with Crippen molar-refractivity contribution in [1.82, 2.24) is 19.4 Å². The van der Waals surface area contributed by atoms with Gasteiger partial charge in [0.2, 0.25) is 15.9 Å². The number of hydrogen-bond donors (Lipinski definition) is 1. The Morgan fingerprint density at radius 1 is 1.14 bits per heavy atom. The molecule has 1 aliphatic heterocycles. The highest BCUT2D eigenvalue weighted by atomic mass is 32.2. The zero-order valence-corrected chi connectivity index (χ0v) is 22.8. The maximum absolute atomic E-state index is 13.9. The molecule has 1 aromatic rings. The molecule has 37 heavy (non-hydrogen) atoms. The van der Waals surface area contributed by atoms with Crippen LogP contribution in [0.3, 0.4) is 0 Å². The maximum Gasteiger partial charge on any atom is 0.317 e. The molecule has 3 amide bonds. The molecule has 11 heteroatoms. The molecule has 1 aliphatic carbocycles. The van der Waals surface area contributed by atoms with Gasteiger partial charge in [-0.3, -0.25) is 4.79 Å². The van der Waals surface area contributed by atoms with Crippen molar-refractivity contribution in [1.29, 1.82) is 0 Å². The van der Waals surface area contributed by atoms with Gasteiger partial charge < -0.3 is 19.9 Å². The van der Waals surface area contributed by atoms with Gasteiger partial charge in [0.1, 0.15) is 5.82 Å². The minimum atomic E-state index is -3.62. The summed E-state index contributed by atoms with van der Waals surface area (Å²) in [7, 11) is -2.14. The second kappa shape index (κ2) is 14.1. The van der Waals surface area contributed by atoms with Gasteiger partial charge in [0.05, 0.1) is 18.9 Å². The van der Waals surface area contributed by atoms with Gasteiger partial charge in [0.25, 0.3) is 0 Å². The molecule has 2 fully saturated rings. The van der Waals surface area contributed by atoms with E-state index < -0.39 is 15.8 Å². The summed E-state index contributed by atoms with van der Waals surface area (Å²) in [6.45, 7) is 2.64. The number of methoxy groups -OCH3 is 1. The molecule has 1 saturated carbocycles. The van der Waals surface area contributed by atoms with E-state index in [1.807, 2.05) is 0 Å². The molecule has 3 rings (SSSR count). The Kier molecular flexibility index (Phi) is 11.1. The molecule has 1 aromatic carbocycles. The van der Waals surface area contributed by atoms with Gasteiger partial charge in [-0.15, -0.1) is 0 Å². The van der Waals surface area contributed by atoms with Crippen molar-refractivity contribution in [2.45, 2.75) is 70.5 Å². The molecular weight excluding hydrogens is 499 g/mol. The van der Waals surface area contributed by atoms with E-state index in [1.54, 1.807) is 21.9 Å². The zero-order chi connectivity index (χ0) is 26.8. The fraction of sp³-hybridized carbons (Fsp3) is 0.692. The standard InChI is InChI=1S/C26H41FN4O5S/c1-3-37(34,35)30(16-17-36-2)20-25(32)31(19-21-8-7-9-22(27)18-21)24-12-14-29(15-13-24)26(33)28-23-10-5-4-6-11-23/h7-9,18,23-24H,3-6,10-17,19-20H2,1-2H3,(H,28,33). The molecule has 208 valence electrons. The second-order valence-corrected chi connectivity index (χ2v) is 12.1. The van der Waals surface area contributed by atoms with E-state index in [4.69, 9.17) is 4.74 Å². The number of nitrogens with zero attached hydrogens (tertiary/aromatic N) is 3. The van der Waals surface area contributed by atoms with Crippen molar-refractivity contribution >= 4 is 22.0 Å². The number of ether oxygens (including phenoxy) is 1. The van der Waals surface area contributed by atoms with Crippen molar-refractivity contribution in [3.8, 4) is 0 Å². The van der Waals surface area contributed by atoms with Crippen LogP contribution in [-0.4, -0.2) is 92.2 Å². The first-order valence-electron chi connectivity index (χ1n) is 13.3. The summed E-state index contributed by atoms with van der Waals surface area (Å²) in [4.78, 5) is 29.8. The Morgan fingerprint density at radius 3 is 2.46 bits per heavy atom. The van der Waals surface area contributed by atoms with Crippen LogP contribution >= 0.6 is 0 Å². The Bertz CT molecular complexity index is 994. The number of urea groups is 1. The van der Waals surface area contributed by atoms with E-state index in [9.17, 15) is 22.4 Å². The summed E-state index contributed by atoms with van der Waals surface area (Å²) in [5.74, 6) is -0.862. The molecule has 9 nitrogen and oxygen atoms in total. The third-order valence-electron chi connectivity index (χ3n) is 7.30. The Balaban J connectivity index is 1.70. The summed E-state index contributed by atoms with van der Waals surface area (Å²) in [6, 6.07) is 6.05. The molecule has 0 radical (unpaired) electrons. The SMILES string of the molecule is CCS(=O)(=O)N(CCOC)CC(=O)N(Cc1cccc(F)c1)C1CCN(C(=O)NC2CCCCC2)CC1. The molecular formula is C26H41FN4O5S. The molecule has 0 aromatic heterocycles. The van der Waals surface area contributed by atoms with Crippen molar-refractivity contribution < 1.29 is 27.1 Å². The van der Waals surface area contributed by atoms with Gasteiger partial charge in [-0.25, -0.2) is 17.6 Å². The van der Waals surface area contributed by atoms with Crippen molar-refractivity contribution in [2.75, 3.05) is 45.6 Å². The average molecular weight is 541 g/mol. The number of rotatable bonds is 11. The smallest absolute Gasteiger partial charge is 0.317 e. The van der Waals surface area contributed by atoms with E-state index >= 15 is 0 Å². The van der Waals surface area contributed by atoms with E-state index in [2.05, 4.69) is 5.32 Å². The predicted octanol–water partition coefficient (Wildman–Crippen LogP) is 2.96. The van der Waals surface area contributed by atoms with Crippen LogP contribution in [0.4, 0.5) is 9.18 Å². The quantitative estimate of drug-likeness (QED) is 0.465. The molecule has 0 spiro atoms. The van der Waals surface area contributed by atoms with Gasteiger partial charge in [-0.05, 0) is 50.3 Å². The second-order valence-electron chi connectivity index (χ2n) is 9.88. The molecule has 0 unspecified atom stereocenters. The normalized spacial score (nSPS) is 17.7. The molecule has 0 bridgehead atoms. The molecule has 2 aliphatic rings. The first-order valence-corrected chi connectivity index (χ1v) is 14.9. The third kappa shape index (κ3) is 8.65. The molecule has 1 saturated heterocycles. The number of carbonyl (C=O) groups excluding carboxylic acids is 2. The predicted molar refractivity (Wildman–Crippen MR) is 140 cm³/mol. The Labute approximate surface area is 220 Å². The van der Waals surface area contributed by atoms with Crippen LogP contribution < -0.4 is 5.32 Å². The number of nitrogens with one attached hydrogen (secondary N) is 1. The van der Waals surface area contributed by atoms with Gasteiger partial charge in [0, 0.05) is 45.4 Å². The summed E-state index contributed by atoms with van der Waals surface area (Å²) in [5, 5.41) is 3.15. The lowest BCUT2D eigenvalue weighted by Gasteiger charge is -2.40. The van der Waals surface area contributed by atoms with Crippen LogP contribution in [0.25, 0.3) is 0 Å². The Hall–Kier alpha value is -2.24. The highest BCUT2D eigenvalue weighted by molar-refractivity contribution is 7.89. The van der Waals surface area contributed by atoms with Crippen molar-refractivity contribution in [2.24, 2.45) is 0 Å². The zero-order valence-electron chi connectivity index (χ0n) is 22.0. The monoisotopic (exact) mass is 540 g/mol. The lowest BCUT2D eigenvalue weighted by molar-refractivity contribution is -0.135. The summed E-state index contributed by atoms with van der Waals surface area (Å²) < 4.78 is 45.3. The van der Waals surface area contributed by atoms with Gasteiger partial charge >= 0.3 is 6.03 Å². The van der Waals surface area contributed by atoms with E-state index in [-0.39, 0.29) is 56.0 Å². The van der Waals surface area contributed by atoms with Crippen LogP contribution in [0.15, 0.2) is 24.3 Å². The minimum Gasteiger partial charge on any atom is -0.383 e. The van der Waals surface area contributed by atoms with E-state index in [0.717, 1.165) is 30.0 Å². The number of carbonyl (C=O) groups is 2. The maximum atomic E-state index is 13.9. The fourth-order valence-electron chi connectivity index (χ4n) is 5.08. The first-order chi connectivity index (χ1) is 17.7. The Morgan fingerprint density at radius 2 is 1.84 bits per heavy atom. The highest BCUT2D eigenvalue weighted by Crippen LogP contribution is 2.22. The largest absolute Gasteiger partial charge is 0.383 e. The third-order valence-corrected chi connectivity index (χ3v) is 9.13. The lowest BCUT2D eigenvalue weighted by atomic mass is 9.95. The summed E-state index contributed by atoms with van der Waals surface area (Å²) in [5.41, 5.74) is 0.632. The van der Waals surface area contributed by atoms with Gasteiger partial charge in [0.15, 0.2) is 0 Å². The molecule has 1 N–H and O–H groups in total. The number of amides is 3. The number of likely N-dealkylation sites (tertiary alicyclic amines) is 1.